The summed E-state index contributed by atoms with van der Waals surface area (Å²) in [7, 11) is 0. The van der Waals surface area contributed by atoms with Crippen LogP contribution < -0.4 is 11.1 Å². The first kappa shape index (κ1) is 10.0. The molecule has 1 heterocycles. The maximum Gasteiger partial charge on any atom is 0.277 e. The summed E-state index contributed by atoms with van der Waals surface area (Å²) in [5.74, 6) is -0.386. The standard InChI is InChI=1S/C10H9N3O3/c11-7-5-6(14)1-2-8(7)12-10(15)9-3-4-16-13-9/h1-5,14H,11H2,(H,12,15). The summed E-state index contributed by atoms with van der Waals surface area (Å²) in [5, 5.41) is 15.2. The lowest BCUT2D eigenvalue weighted by atomic mass is 10.2. The fourth-order valence-corrected chi connectivity index (χ4v) is 1.18. The molecule has 0 spiro atoms. The minimum absolute atomic E-state index is 0.0388. The van der Waals surface area contributed by atoms with Crippen LogP contribution in [0.2, 0.25) is 0 Å². The third kappa shape index (κ3) is 1.95. The quantitative estimate of drug-likeness (QED) is 0.520. The number of carbonyl (C=O) groups is 1. The Kier molecular flexibility index (Phi) is 2.47. The van der Waals surface area contributed by atoms with E-state index in [1.54, 1.807) is 0 Å². The molecule has 0 bridgehead atoms. The third-order valence-corrected chi connectivity index (χ3v) is 1.95. The van der Waals surface area contributed by atoms with Gasteiger partial charge in [0.1, 0.15) is 12.0 Å². The smallest absolute Gasteiger partial charge is 0.277 e. The molecule has 4 N–H and O–H groups in total. The molecule has 1 aromatic carbocycles. The van der Waals surface area contributed by atoms with Crippen LogP contribution in [0.15, 0.2) is 35.1 Å². The second-order valence-corrected chi connectivity index (χ2v) is 3.11. The molecule has 82 valence electrons. The lowest BCUT2D eigenvalue weighted by Crippen LogP contribution is -2.13. The zero-order valence-corrected chi connectivity index (χ0v) is 8.18. The van der Waals surface area contributed by atoms with Crippen molar-refractivity contribution in [3.8, 4) is 5.75 Å². The van der Waals surface area contributed by atoms with Crippen molar-refractivity contribution in [2.24, 2.45) is 0 Å². The van der Waals surface area contributed by atoms with Crippen LogP contribution in [0.3, 0.4) is 0 Å². The highest BCUT2D eigenvalue weighted by molar-refractivity contribution is 6.04. The zero-order valence-electron chi connectivity index (χ0n) is 8.18. The van der Waals surface area contributed by atoms with Crippen molar-refractivity contribution in [3.63, 3.8) is 0 Å². The van der Waals surface area contributed by atoms with Gasteiger partial charge >= 0.3 is 0 Å². The van der Waals surface area contributed by atoms with Crippen molar-refractivity contribution < 1.29 is 14.4 Å². The maximum atomic E-state index is 11.6. The number of rotatable bonds is 2. The highest BCUT2D eigenvalue weighted by atomic mass is 16.5. The van der Waals surface area contributed by atoms with Crippen LogP contribution in [0.4, 0.5) is 11.4 Å². The monoisotopic (exact) mass is 219 g/mol. The number of hydrogen-bond donors (Lipinski definition) is 3. The highest BCUT2D eigenvalue weighted by Crippen LogP contribution is 2.23. The van der Waals surface area contributed by atoms with E-state index in [0.717, 1.165) is 0 Å². The molecule has 0 radical (unpaired) electrons. The van der Waals surface area contributed by atoms with Gasteiger partial charge in [0.15, 0.2) is 5.69 Å². The van der Waals surface area contributed by atoms with Crippen LogP contribution in [0.1, 0.15) is 10.5 Å². The summed E-state index contributed by atoms with van der Waals surface area (Å²) in [6, 6.07) is 5.71. The Hall–Kier alpha value is -2.50. The molecule has 0 fully saturated rings. The van der Waals surface area contributed by atoms with Crippen molar-refractivity contribution in [1.29, 1.82) is 0 Å². The predicted molar refractivity (Wildman–Crippen MR) is 57.0 cm³/mol. The van der Waals surface area contributed by atoms with Gasteiger partial charge in [-0.25, -0.2) is 0 Å². The number of aromatic nitrogens is 1. The van der Waals surface area contributed by atoms with E-state index in [1.807, 2.05) is 0 Å². The average molecular weight is 219 g/mol. The summed E-state index contributed by atoms with van der Waals surface area (Å²) in [4.78, 5) is 11.6. The van der Waals surface area contributed by atoms with E-state index in [2.05, 4.69) is 15.0 Å². The Balaban J connectivity index is 2.18. The number of anilines is 2. The van der Waals surface area contributed by atoms with Crippen molar-refractivity contribution in [1.82, 2.24) is 5.16 Å². The van der Waals surface area contributed by atoms with Crippen LogP contribution in [0, 0.1) is 0 Å². The number of phenolic OH excluding ortho intramolecular Hbond substituents is 1. The Morgan fingerprint density at radius 2 is 2.25 bits per heavy atom. The van der Waals surface area contributed by atoms with E-state index < -0.39 is 5.91 Å². The van der Waals surface area contributed by atoms with Gasteiger partial charge in [-0.05, 0) is 12.1 Å². The second kappa shape index (κ2) is 3.93. The molecule has 0 aliphatic heterocycles. The first-order valence-electron chi connectivity index (χ1n) is 4.47. The number of hydrogen-bond acceptors (Lipinski definition) is 5. The second-order valence-electron chi connectivity index (χ2n) is 3.11. The zero-order chi connectivity index (χ0) is 11.5. The van der Waals surface area contributed by atoms with Crippen molar-refractivity contribution in [2.75, 3.05) is 11.1 Å². The number of benzene rings is 1. The van der Waals surface area contributed by atoms with Gasteiger partial charge in [0.05, 0.1) is 11.4 Å². The topological polar surface area (TPSA) is 101 Å². The number of carbonyl (C=O) groups excluding carboxylic acids is 1. The molecular formula is C10H9N3O3. The van der Waals surface area contributed by atoms with E-state index in [9.17, 15) is 4.79 Å². The Bertz CT molecular complexity index is 508. The van der Waals surface area contributed by atoms with Gasteiger partial charge in [-0.1, -0.05) is 5.16 Å². The molecule has 0 atom stereocenters. The van der Waals surface area contributed by atoms with Gasteiger partial charge < -0.3 is 20.7 Å². The number of aromatic hydroxyl groups is 1. The minimum Gasteiger partial charge on any atom is -0.508 e. The Labute approximate surface area is 90.7 Å². The molecule has 2 aromatic rings. The summed E-state index contributed by atoms with van der Waals surface area (Å²) in [6.45, 7) is 0. The van der Waals surface area contributed by atoms with Gasteiger partial charge in [-0.2, -0.15) is 0 Å². The number of nitrogens with zero attached hydrogens (tertiary/aromatic N) is 1. The molecule has 0 aliphatic carbocycles. The van der Waals surface area contributed by atoms with E-state index in [-0.39, 0.29) is 17.1 Å². The number of nitrogen functional groups attached to an aromatic ring is 1. The number of phenols is 1. The fraction of sp³-hybridized carbons (Fsp3) is 0. The molecule has 0 aliphatic rings. The van der Waals surface area contributed by atoms with Gasteiger partial charge in [0.25, 0.3) is 5.91 Å². The van der Waals surface area contributed by atoms with Crippen molar-refractivity contribution in [3.05, 3.63) is 36.2 Å². The van der Waals surface area contributed by atoms with Crippen molar-refractivity contribution in [2.45, 2.75) is 0 Å². The molecule has 0 saturated heterocycles. The van der Waals surface area contributed by atoms with Crippen LogP contribution in [0.5, 0.6) is 5.75 Å². The van der Waals surface area contributed by atoms with E-state index >= 15 is 0 Å². The first-order valence-corrected chi connectivity index (χ1v) is 4.47. The van der Waals surface area contributed by atoms with E-state index in [1.165, 1.54) is 30.5 Å². The maximum absolute atomic E-state index is 11.6. The lowest BCUT2D eigenvalue weighted by Gasteiger charge is -2.06. The Morgan fingerprint density at radius 3 is 2.88 bits per heavy atom. The molecule has 6 heteroatoms. The molecule has 16 heavy (non-hydrogen) atoms. The first-order chi connectivity index (χ1) is 7.66. The summed E-state index contributed by atoms with van der Waals surface area (Å²) < 4.78 is 4.54. The Morgan fingerprint density at radius 1 is 1.44 bits per heavy atom. The largest absolute Gasteiger partial charge is 0.508 e. The SMILES string of the molecule is Nc1cc(O)ccc1NC(=O)c1ccon1. The average Bonchev–Trinajstić information content (AvgIpc) is 2.75. The van der Waals surface area contributed by atoms with Crippen LogP contribution in [-0.4, -0.2) is 16.2 Å². The number of nitrogens with two attached hydrogens (primary N) is 1. The molecule has 0 saturated carbocycles. The fourth-order valence-electron chi connectivity index (χ4n) is 1.18. The van der Waals surface area contributed by atoms with E-state index in [0.29, 0.717) is 5.69 Å². The van der Waals surface area contributed by atoms with Crippen LogP contribution in [-0.2, 0) is 0 Å². The normalized spacial score (nSPS) is 10.0. The van der Waals surface area contributed by atoms with Gasteiger partial charge in [0.2, 0.25) is 0 Å². The van der Waals surface area contributed by atoms with Gasteiger partial charge in [0, 0.05) is 12.1 Å². The lowest BCUT2D eigenvalue weighted by molar-refractivity contribution is 0.101. The molecule has 6 nitrogen and oxygen atoms in total. The number of nitrogens with one attached hydrogen (secondary N) is 1. The van der Waals surface area contributed by atoms with Crippen LogP contribution in [0.25, 0.3) is 0 Å². The predicted octanol–water partition coefficient (Wildman–Crippen LogP) is 1.21. The molecule has 0 unspecified atom stereocenters. The summed E-state index contributed by atoms with van der Waals surface area (Å²) >= 11 is 0. The van der Waals surface area contributed by atoms with Crippen molar-refractivity contribution >= 4 is 17.3 Å². The third-order valence-electron chi connectivity index (χ3n) is 1.95. The minimum atomic E-state index is -0.425. The van der Waals surface area contributed by atoms with Gasteiger partial charge in [-0.3, -0.25) is 4.79 Å². The van der Waals surface area contributed by atoms with Gasteiger partial charge in [-0.15, -0.1) is 0 Å². The molecule has 2 rings (SSSR count). The summed E-state index contributed by atoms with van der Waals surface area (Å²) in [6.07, 6.45) is 1.30. The number of amides is 1. The van der Waals surface area contributed by atoms with Crippen LogP contribution >= 0.6 is 0 Å². The molecule has 1 aromatic heterocycles. The highest BCUT2D eigenvalue weighted by Gasteiger charge is 2.10. The van der Waals surface area contributed by atoms with E-state index in [4.69, 9.17) is 10.8 Å². The summed E-state index contributed by atoms with van der Waals surface area (Å²) in [5.41, 5.74) is 6.45. The molecular weight excluding hydrogens is 210 g/mol. The molecule has 1 amide bonds.